The molecule has 1 saturated carbocycles. The van der Waals surface area contributed by atoms with Crippen molar-refractivity contribution in [3.05, 3.63) is 35.4 Å². The molecule has 1 fully saturated rings. The molecule has 2 rings (SSSR count). The molecule has 1 aliphatic rings. The van der Waals surface area contributed by atoms with Crippen LogP contribution in [0.5, 0.6) is 0 Å². The van der Waals surface area contributed by atoms with Crippen LogP contribution in [0.1, 0.15) is 56.1 Å². The highest BCUT2D eigenvalue weighted by atomic mass is 16.3. The van der Waals surface area contributed by atoms with Crippen LogP contribution >= 0.6 is 0 Å². The molecule has 0 heterocycles. The van der Waals surface area contributed by atoms with Crippen molar-refractivity contribution in [2.24, 2.45) is 5.92 Å². The van der Waals surface area contributed by atoms with Gasteiger partial charge in [0.1, 0.15) is 0 Å². The van der Waals surface area contributed by atoms with Crippen LogP contribution in [0.25, 0.3) is 0 Å². The Bertz CT molecular complexity index is 350. The average molecular weight is 246 g/mol. The molecular weight excluding hydrogens is 220 g/mol. The average Bonchev–Trinajstić information content (AvgIpc) is 2.28. The van der Waals surface area contributed by atoms with E-state index in [1.54, 1.807) is 0 Å². The van der Waals surface area contributed by atoms with Crippen LogP contribution in [0.3, 0.4) is 0 Å². The molecule has 0 radical (unpaired) electrons. The Balaban J connectivity index is 1.91. The lowest BCUT2D eigenvalue weighted by Gasteiger charge is -2.25. The fraction of sp³-hybridized carbons (Fsp3) is 0.647. The van der Waals surface area contributed by atoms with Gasteiger partial charge in [-0.15, -0.1) is 0 Å². The Labute approximate surface area is 111 Å². The van der Waals surface area contributed by atoms with E-state index in [0.717, 1.165) is 6.42 Å². The highest BCUT2D eigenvalue weighted by molar-refractivity contribution is 5.22. The number of aliphatic hydroxyl groups is 1. The van der Waals surface area contributed by atoms with E-state index >= 15 is 0 Å². The minimum atomic E-state index is -0.148. The van der Waals surface area contributed by atoms with Crippen LogP contribution in [-0.2, 0) is 6.42 Å². The van der Waals surface area contributed by atoms with Crippen LogP contribution in [-0.4, -0.2) is 11.2 Å². The second-order valence-electron chi connectivity index (χ2n) is 5.87. The largest absolute Gasteiger partial charge is 0.392 e. The van der Waals surface area contributed by atoms with Crippen molar-refractivity contribution in [2.45, 2.75) is 64.4 Å². The number of hydrogen-bond acceptors (Lipinski definition) is 1. The standard InChI is InChI=1S/C17H26O/c1-14-8-7-9-15(12-14)13-17(18)16-10-5-3-2-4-6-11-16/h7-9,12,16-18H,2-6,10-11,13H2,1H3. The quantitative estimate of drug-likeness (QED) is 0.845. The van der Waals surface area contributed by atoms with Gasteiger partial charge < -0.3 is 5.11 Å². The Kier molecular flexibility index (Phi) is 5.25. The maximum absolute atomic E-state index is 10.4. The van der Waals surface area contributed by atoms with E-state index in [0.29, 0.717) is 5.92 Å². The van der Waals surface area contributed by atoms with Gasteiger partial charge in [-0.1, -0.05) is 61.9 Å². The number of aliphatic hydroxyl groups excluding tert-OH is 1. The molecule has 1 N–H and O–H groups in total. The van der Waals surface area contributed by atoms with Gasteiger partial charge in [0, 0.05) is 0 Å². The van der Waals surface area contributed by atoms with Crippen LogP contribution in [0, 0.1) is 12.8 Å². The van der Waals surface area contributed by atoms with Crippen LogP contribution < -0.4 is 0 Å². The summed E-state index contributed by atoms with van der Waals surface area (Å²) in [5.74, 6) is 0.519. The molecule has 0 spiro atoms. The molecule has 0 amide bonds. The van der Waals surface area contributed by atoms with E-state index in [1.807, 2.05) is 0 Å². The van der Waals surface area contributed by atoms with Crippen molar-refractivity contribution >= 4 is 0 Å². The van der Waals surface area contributed by atoms with Crippen molar-refractivity contribution in [2.75, 3.05) is 0 Å². The Morgan fingerprint density at radius 1 is 1.11 bits per heavy atom. The third-order valence-corrected chi connectivity index (χ3v) is 4.22. The van der Waals surface area contributed by atoms with Crippen LogP contribution in [0.15, 0.2) is 24.3 Å². The summed E-state index contributed by atoms with van der Waals surface area (Å²) in [4.78, 5) is 0. The summed E-state index contributed by atoms with van der Waals surface area (Å²) >= 11 is 0. The Morgan fingerprint density at radius 2 is 1.78 bits per heavy atom. The van der Waals surface area contributed by atoms with Gasteiger partial charge in [0.2, 0.25) is 0 Å². The maximum atomic E-state index is 10.4. The summed E-state index contributed by atoms with van der Waals surface area (Å²) in [6, 6.07) is 8.55. The minimum Gasteiger partial charge on any atom is -0.392 e. The van der Waals surface area contributed by atoms with Crippen molar-refractivity contribution in [3.63, 3.8) is 0 Å². The predicted molar refractivity (Wildman–Crippen MR) is 76.7 cm³/mol. The maximum Gasteiger partial charge on any atom is 0.0608 e. The molecule has 0 bridgehead atoms. The summed E-state index contributed by atoms with van der Waals surface area (Å²) in [7, 11) is 0. The zero-order chi connectivity index (χ0) is 12.8. The molecule has 1 aromatic rings. The number of aryl methyl sites for hydroxylation is 1. The molecule has 0 aromatic heterocycles. The SMILES string of the molecule is Cc1cccc(CC(O)C2CCCCCCC2)c1. The highest BCUT2D eigenvalue weighted by Crippen LogP contribution is 2.26. The Morgan fingerprint density at radius 3 is 2.44 bits per heavy atom. The van der Waals surface area contributed by atoms with E-state index in [1.165, 1.54) is 56.1 Å². The van der Waals surface area contributed by atoms with Gasteiger partial charge >= 0.3 is 0 Å². The summed E-state index contributed by atoms with van der Waals surface area (Å²) < 4.78 is 0. The predicted octanol–water partition coefficient (Wildman–Crippen LogP) is 4.26. The molecule has 100 valence electrons. The lowest BCUT2D eigenvalue weighted by atomic mass is 9.85. The highest BCUT2D eigenvalue weighted by Gasteiger charge is 2.20. The molecule has 18 heavy (non-hydrogen) atoms. The van der Waals surface area contributed by atoms with Crippen molar-refractivity contribution in [1.29, 1.82) is 0 Å². The van der Waals surface area contributed by atoms with Gasteiger partial charge in [0.25, 0.3) is 0 Å². The summed E-state index contributed by atoms with van der Waals surface area (Å²) in [6.07, 6.45) is 9.81. The monoisotopic (exact) mass is 246 g/mol. The molecule has 1 aliphatic carbocycles. The molecule has 1 nitrogen and oxygen atoms in total. The second-order valence-corrected chi connectivity index (χ2v) is 5.87. The molecule has 0 aliphatic heterocycles. The lowest BCUT2D eigenvalue weighted by Crippen LogP contribution is -2.23. The van der Waals surface area contributed by atoms with Crippen molar-refractivity contribution < 1.29 is 5.11 Å². The molecule has 1 unspecified atom stereocenters. The van der Waals surface area contributed by atoms with Gasteiger partial charge in [-0.05, 0) is 37.7 Å². The smallest absolute Gasteiger partial charge is 0.0608 e. The number of rotatable bonds is 3. The molecule has 1 aromatic carbocycles. The van der Waals surface area contributed by atoms with E-state index in [9.17, 15) is 5.11 Å². The first-order valence-corrected chi connectivity index (χ1v) is 7.49. The van der Waals surface area contributed by atoms with E-state index in [-0.39, 0.29) is 6.10 Å². The molecule has 1 heteroatoms. The zero-order valence-corrected chi connectivity index (χ0v) is 11.6. The van der Waals surface area contributed by atoms with Crippen LogP contribution in [0.2, 0.25) is 0 Å². The second kappa shape index (κ2) is 6.94. The fourth-order valence-corrected chi connectivity index (χ4v) is 3.12. The minimum absolute atomic E-state index is 0.148. The van der Waals surface area contributed by atoms with Gasteiger partial charge in [0.15, 0.2) is 0 Å². The normalized spacial score (nSPS) is 20.1. The fourth-order valence-electron chi connectivity index (χ4n) is 3.12. The molecule has 0 saturated heterocycles. The van der Waals surface area contributed by atoms with E-state index < -0.39 is 0 Å². The Hall–Kier alpha value is -0.820. The van der Waals surface area contributed by atoms with Crippen LogP contribution in [0.4, 0.5) is 0 Å². The summed E-state index contributed by atoms with van der Waals surface area (Å²) in [6.45, 7) is 2.12. The number of hydrogen-bond donors (Lipinski definition) is 1. The van der Waals surface area contributed by atoms with E-state index in [2.05, 4.69) is 31.2 Å². The number of benzene rings is 1. The lowest BCUT2D eigenvalue weighted by molar-refractivity contribution is 0.0913. The van der Waals surface area contributed by atoms with E-state index in [4.69, 9.17) is 0 Å². The third kappa shape index (κ3) is 4.13. The first-order valence-electron chi connectivity index (χ1n) is 7.49. The third-order valence-electron chi connectivity index (χ3n) is 4.22. The van der Waals surface area contributed by atoms with Crippen molar-refractivity contribution in [3.8, 4) is 0 Å². The van der Waals surface area contributed by atoms with Gasteiger partial charge in [-0.3, -0.25) is 0 Å². The van der Waals surface area contributed by atoms with Gasteiger partial charge in [0.05, 0.1) is 6.10 Å². The zero-order valence-electron chi connectivity index (χ0n) is 11.6. The van der Waals surface area contributed by atoms with Crippen molar-refractivity contribution in [1.82, 2.24) is 0 Å². The first kappa shape index (κ1) is 13.6. The van der Waals surface area contributed by atoms with Gasteiger partial charge in [-0.25, -0.2) is 0 Å². The molecule has 1 atom stereocenters. The summed E-state index contributed by atoms with van der Waals surface area (Å²) in [5.41, 5.74) is 2.57. The molecular formula is C17H26O. The first-order chi connectivity index (χ1) is 8.75. The van der Waals surface area contributed by atoms with Gasteiger partial charge in [-0.2, -0.15) is 0 Å². The summed E-state index contributed by atoms with van der Waals surface area (Å²) in [5, 5.41) is 10.4. The topological polar surface area (TPSA) is 20.2 Å².